The van der Waals surface area contributed by atoms with Crippen molar-refractivity contribution in [1.82, 2.24) is 4.90 Å². The molecule has 1 heterocycles. The summed E-state index contributed by atoms with van der Waals surface area (Å²) in [6.07, 6.45) is 5.56. The maximum Gasteiger partial charge on any atom is 0.326 e. The fourth-order valence-corrected chi connectivity index (χ4v) is 3.55. The topological polar surface area (TPSA) is 74.7 Å². The van der Waals surface area contributed by atoms with Crippen LogP contribution >= 0.6 is 11.8 Å². The number of aliphatic carboxylic acids is 1. The zero-order valence-corrected chi connectivity index (χ0v) is 11.8. The normalized spacial score (nSPS) is 28.4. The monoisotopic (exact) mass is 285 g/mol. The van der Waals surface area contributed by atoms with E-state index < -0.39 is 12.0 Å². The number of carboxylic acid groups (broad SMARTS) is 1. The van der Waals surface area contributed by atoms with Crippen molar-refractivity contribution < 1.29 is 19.5 Å². The predicted octanol–water partition coefficient (Wildman–Crippen LogP) is 1.37. The summed E-state index contributed by atoms with van der Waals surface area (Å²) >= 11 is 1.52. The van der Waals surface area contributed by atoms with E-state index in [0.29, 0.717) is 12.2 Å². The highest BCUT2D eigenvalue weighted by Gasteiger charge is 2.51. The number of hydrogen-bond acceptors (Lipinski definition) is 4. The molecule has 1 aliphatic heterocycles. The molecule has 1 saturated heterocycles. The van der Waals surface area contributed by atoms with Crippen molar-refractivity contribution >= 4 is 29.5 Å². The Morgan fingerprint density at radius 2 is 1.84 bits per heavy atom. The molecule has 0 aromatic carbocycles. The first-order valence-corrected chi connectivity index (χ1v) is 8.06. The molecule has 106 valence electrons. The van der Waals surface area contributed by atoms with Gasteiger partial charge in [-0.3, -0.25) is 14.5 Å². The second-order valence-corrected chi connectivity index (χ2v) is 6.17. The van der Waals surface area contributed by atoms with E-state index in [1.807, 2.05) is 6.26 Å². The van der Waals surface area contributed by atoms with Gasteiger partial charge in [0.05, 0.1) is 11.8 Å². The number of hydrogen-bond donors (Lipinski definition) is 1. The number of carboxylic acids is 1. The molecule has 2 fully saturated rings. The number of likely N-dealkylation sites (tertiary alicyclic amines) is 1. The van der Waals surface area contributed by atoms with Gasteiger partial charge in [-0.05, 0) is 31.3 Å². The number of carbonyl (C=O) groups excluding carboxylic acids is 2. The summed E-state index contributed by atoms with van der Waals surface area (Å²) in [6.45, 7) is 0. The van der Waals surface area contributed by atoms with Crippen LogP contribution in [0.5, 0.6) is 0 Å². The molecule has 2 amide bonds. The highest BCUT2D eigenvalue weighted by Crippen LogP contribution is 2.39. The summed E-state index contributed by atoms with van der Waals surface area (Å²) in [5, 5.41) is 9.27. The zero-order valence-electron chi connectivity index (χ0n) is 11.0. The maximum atomic E-state index is 12.3. The lowest BCUT2D eigenvalue weighted by Gasteiger charge is -2.22. The van der Waals surface area contributed by atoms with Gasteiger partial charge in [-0.25, -0.2) is 4.79 Å². The Morgan fingerprint density at radius 3 is 2.26 bits per heavy atom. The molecular formula is C13H19NO4S. The van der Waals surface area contributed by atoms with Crippen LogP contribution in [0.2, 0.25) is 0 Å². The largest absolute Gasteiger partial charge is 0.480 e. The summed E-state index contributed by atoms with van der Waals surface area (Å²) in [4.78, 5) is 37.0. The standard InChI is InChI=1S/C13H19NO4S/c1-19-7-6-10(13(17)18)14-11(15)8-4-2-3-5-9(8)12(14)16/h8-10H,2-7H2,1H3,(H,17,18)/t8-,9-,10-/m1/s1. The van der Waals surface area contributed by atoms with E-state index in [1.165, 1.54) is 11.8 Å². The van der Waals surface area contributed by atoms with Crippen molar-refractivity contribution in [2.24, 2.45) is 11.8 Å². The number of imide groups is 1. The van der Waals surface area contributed by atoms with Crippen LogP contribution in [0.3, 0.4) is 0 Å². The summed E-state index contributed by atoms with van der Waals surface area (Å²) in [5.74, 6) is -1.50. The molecule has 6 heteroatoms. The molecule has 3 atom stereocenters. The van der Waals surface area contributed by atoms with Crippen molar-refractivity contribution in [3.63, 3.8) is 0 Å². The zero-order chi connectivity index (χ0) is 14.0. The SMILES string of the molecule is CSCC[C@H](C(=O)O)N1C(=O)[C@@H]2CCCC[C@H]2C1=O. The van der Waals surface area contributed by atoms with Gasteiger partial charge in [0.1, 0.15) is 6.04 Å². The third-order valence-corrected chi connectivity index (χ3v) is 4.71. The van der Waals surface area contributed by atoms with Gasteiger partial charge in [0.15, 0.2) is 0 Å². The van der Waals surface area contributed by atoms with E-state index in [-0.39, 0.29) is 23.7 Å². The molecule has 0 radical (unpaired) electrons. The quantitative estimate of drug-likeness (QED) is 0.772. The second-order valence-electron chi connectivity index (χ2n) is 5.18. The molecule has 0 aromatic rings. The van der Waals surface area contributed by atoms with E-state index in [4.69, 9.17) is 0 Å². The lowest BCUT2D eigenvalue weighted by molar-refractivity contribution is -0.155. The van der Waals surface area contributed by atoms with Crippen LogP contribution in [0, 0.1) is 11.8 Å². The Balaban J connectivity index is 2.19. The van der Waals surface area contributed by atoms with Crippen LogP contribution < -0.4 is 0 Å². The van der Waals surface area contributed by atoms with Crippen molar-refractivity contribution in [2.45, 2.75) is 38.1 Å². The van der Waals surface area contributed by atoms with E-state index in [1.54, 1.807) is 0 Å². The van der Waals surface area contributed by atoms with Crippen molar-refractivity contribution in [2.75, 3.05) is 12.0 Å². The van der Waals surface area contributed by atoms with Crippen LogP contribution in [0.4, 0.5) is 0 Å². The molecule has 1 aliphatic carbocycles. The molecule has 5 nitrogen and oxygen atoms in total. The Labute approximate surface area is 116 Å². The molecule has 1 saturated carbocycles. The van der Waals surface area contributed by atoms with Crippen LogP contribution in [0.15, 0.2) is 0 Å². The van der Waals surface area contributed by atoms with Crippen LogP contribution in [-0.2, 0) is 14.4 Å². The van der Waals surface area contributed by atoms with Crippen molar-refractivity contribution in [3.05, 3.63) is 0 Å². The number of amides is 2. The third kappa shape index (κ3) is 2.63. The predicted molar refractivity (Wildman–Crippen MR) is 71.7 cm³/mol. The molecule has 19 heavy (non-hydrogen) atoms. The number of fused-ring (bicyclic) bond motifs is 1. The molecule has 2 aliphatic rings. The molecule has 0 unspecified atom stereocenters. The minimum Gasteiger partial charge on any atom is -0.480 e. The van der Waals surface area contributed by atoms with Gasteiger partial charge in [0, 0.05) is 0 Å². The van der Waals surface area contributed by atoms with Gasteiger partial charge in [-0.2, -0.15) is 11.8 Å². The van der Waals surface area contributed by atoms with E-state index in [0.717, 1.165) is 30.6 Å². The molecule has 2 rings (SSSR count). The van der Waals surface area contributed by atoms with Crippen LogP contribution in [0.1, 0.15) is 32.1 Å². The van der Waals surface area contributed by atoms with E-state index >= 15 is 0 Å². The third-order valence-electron chi connectivity index (χ3n) is 4.07. The van der Waals surface area contributed by atoms with Gasteiger partial charge in [0.25, 0.3) is 0 Å². The first kappa shape index (κ1) is 14.4. The minimum atomic E-state index is -1.07. The van der Waals surface area contributed by atoms with Gasteiger partial charge in [-0.15, -0.1) is 0 Å². The lowest BCUT2D eigenvalue weighted by atomic mass is 9.81. The first-order chi connectivity index (χ1) is 9.07. The molecule has 1 N–H and O–H groups in total. The highest BCUT2D eigenvalue weighted by atomic mass is 32.2. The Morgan fingerprint density at radius 1 is 1.32 bits per heavy atom. The molecule has 0 aromatic heterocycles. The smallest absolute Gasteiger partial charge is 0.326 e. The number of carbonyl (C=O) groups is 3. The molecular weight excluding hydrogens is 266 g/mol. The average molecular weight is 285 g/mol. The maximum absolute atomic E-state index is 12.3. The molecule has 0 bridgehead atoms. The number of nitrogens with zero attached hydrogens (tertiary/aromatic N) is 1. The number of rotatable bonds is 5. The van der Waals surface area contributed by atoms with Crippen LogP contribution in [-0.4, -0.2) is 45.8 Å². The Kier molecular flexibility index (Phi) is 4.50. The van der Waals surface area contributed by atoms with E-state index in [9.17, 15) is 19.5 Å². The number of thioether (sulfide) groups is 1. The lowest BCUT2D eigenvalue weighted by Crippen LogP contribution is -2.45. The van der Waals surface area contributed by atoms with Crippen molar-refractivity contribution in [1.29, 1.82) is 0 Å². The fourth-order valence-electron chi connectivity index (χ4n) is 3.09. The van der Waals surface area contributed by atoms with Crippen LogP contribution in [0.25, 0.3) is 0 Å². The van der Waals surface area contributed by atoms with Crippen molar-refractivity contribution in [3.8, 4) is 0 Å². The molecule has 0 spiro atoms. The second kappa shape index (κ2) is 5.94. The first-order valence-electron chi connectivity index (χ1n) is 6.66. The average Bonchev–Trinajstić information content (AvgIpc) is 2.64. The summed E-state index contributed by atoms with van der Waals surface area (Å²) in [6, 6.07) is -0.988. The van der Waals surface area contributed by atoms with Gasteiger partial charge in [-0.1, -0.05) is 12.8 Å². The summed E-state index contributed by atoms with van der Waals surface area (Å²) in [7, 11) is 0. The van der Waals surface area contributed by atoms with Gasteiger partial charge in [0.2, 0.25) is 11.8 Å². The minimum absolute atomic E-state index is 0.261. The fraction of sp³-hybridized carbons (Fsp3) is 0.769. The van der Waals surface area contributed by atoms with E-state index in [2.05, 4.69) is 0 Å². The van der Waals surface area contributed by atoms with Gasteiger partial charge >= 0.3 is 5.97 Å². The van der Waals surface area contributed by atoms with Gasteiger partial charge < -0.3 is 5.11 Å². The Bertz CT molecular complexity index is 374. The Hall–Kier alpha value is -1.04. The summed E-state index contributed by atoms with van der Waals surface area (Å²) < 4.78 is 0. The highest BCUT2D eigenvalue weighted by molar-refractivity contribution is 7.98. The summed E-state index contributed by atoms with van der Waals surface area (Å²) in [5.41, 5.74) is 0.